The summed E-state index contributed by atoms with van der Waals surface area (Å²) in [7, 11) is 2.41. The maximum absolute atomic E-state index is 15.1. The van der Waals surface area contributed by atoms with E-state index in [-0.39, 0.29) is 23.0 Å². The van der Waals surface area contributed by atoms with E-state index in [1.165, 1.54) is 26.5 Å². The van der Waals surface area contributed by atoms with Crippen LogP contribution in [-0.4, -0.2) is 31.5 Å². The molecule has 0 saturated carbocycles. The predicted molar refractivity (Wildman–Crippen MR) is 115 cm³/mol. The second-order valence-electron chi connectivity index (χ2n) is 6.68. The number of hydrogen-bond acceptors (Lipinski definition) is 6. The van der Waals surface area contributed by atoms with Gasteiger partial charge in [-0.05, 0) is 31.2 Å². The van der Waals surface area contributed by atoms with E-state index in [4.69, 9.17) is 25.8 Å². The number of rotatable bonds is 7. The number of nitrogens with one attached hydrogen (secondary N) is 1. The predicted octanol–water partition coefficient (Wildman–Crippen LogP) is 6.14. The quantitative estimate of drug-likeness (QED) is 0.392. The fourth-order valence-electron chi connectivity index (χ4n) is 2.89. The molecule has 0 radical (unpaired) electrons. The normalized spacial score (nSPS) is 11.1. The van der Waals surface area contributed by atoms with Gasteiger partial charge in [-0.25, -0.2) is 4.39 Å². The van der Waals surface area contributed by atoms with Crippen molar-refractivity contribution in [3.05, 3.63) is 64.7 Å². The molecule has 0 aliphatic rings. The van der Waals surface area contributed by atoms with Crippen molar-refractivity contribution in [1.29, 1.82) is 0 Å². The van der Waals surface area contributed by atoms with E-state index >= 15 is 4.39 Å². The largest absolute Gasteiger partial charge is 0.573 e. The number of nitrogens with zero attached hydrogens (tertiary/aromatic N) is 1. The number of alkyl halides is 3. The zero-order valence-electron chi connectivity index (χ0n) is 17.9. The van der Waals surface area contributed by atoms with Gasteiger partial charge in [-0.15, -0.1) is 13.2 Å². The fourth-order valence-corrected chi connectivity index (χ4v) is 3.11. The number of methoxy groups -OCH3 is 2. The summed E-state index contributed by atoms with van der Waals surface area (Å²) >= 11 is 5.99. The highest BCUT2D eigenvalue weighted by molar-refractivity contribution is 6.33. The molecule has 1 heterocycles. The molecule has 0 fully saturated rings. The van der Waals surface area contributed by atoms with Gasteiger partial charge in [0.25, 0.3) is 5.91 Å². The smallest absolute Gasteiger partial charge is 0.495 e. The fraction of sp³-hybridized carbons (Fsp3) is 0.182. The van der Waals surface area contributed by atoms with Crippen LogP contribution in [0.3, 0.4) is 0 Å². The Morgan fingerprint density at radius 3 is 2.32 bits per heavy atom. The van der Waals surface area contributed by atoms with Crippen molar-refractivity contribution in [2.75, 3.05) is 19.5 Å². The number of carbonyl (C=O) groups excluding carboxylic acids is 1. The highest BCUT2D eigenvalue weighted by atomic mass is 35.5. The molecule has 1 amide bonds. The van der Waals surface area contributed by atoms with Crippen molar-refractivity contribution in [2.24, 2.45) is 0 Å². The van der Waals surface area contributed by atoms with E-state index in [0.717, 1.165) is 24.3 Å². The summed E-state index contributed by atoms with van der Waals surface area (Å²) in [4.78, 5) is 17.0. The molecule has 0 spiro atoms. The lowest BCUT2D eigenvalue weighted by Gasteiger charge is -2.17. The molecule has 1 N–H and O–H groups in total. The van der Waals surface area contributed by atoms with Crippen LogP contribution in [0.25, 0.3) is 0 Å². The summed E-state index contributed by atoms with van der Waals surface area (Å²) in [5, 5.41) is 2.05. The molecule has 0 atom stereocenters. The van der Waals surface area contributed by atoms with Gasteiger partial charge < -0.3 is 24.3 Å². The molecule has 0 unspecified atom stereocenters. The standard InChI is InChI=1S/C22H17ClF4N2O5/c1-11-8-12(6-7-28-11)29-21(30)18-16(10-17(32-3)19(23)20(18)24)33-14-5-4-13(9-15(14)31-2)34-22(25,26)27/h4-10H,1-3H3,(H,28,29,30). The summed E-state index contributed by atoms with van der Waals surface area (Å²) < 4.78 is 72.3. The average Bonchev–Trinajstić information content (AvgIpc) is 2.76. The van der Waals surface area contributed by atoms with Gasteiger partial charge >= 0.3 is 6.36 Å². The zero-order chi connectivity index (χ0) is 25.0. The lowest BCUT2D eigenvalue weighted by atomic mass is 10.1. The Hall–Kier alpha value is -3.73. The Balaban J connectivity index is 2.03. The number of carbonyl (C=O) groups is 1. The van der Waals surface area contributed by atoms with Crippen molar-refractivity contribution in [3.63, 3.8) is 0 Å². The van der Waals surface area contributed by atoms with Crippen molar-refractivity contribution < 1.29 is 41.3 Å². The molecule has 0 saturated heterocycles. The third-order valence-corrected chi connectivity index (χ3v) is 4.68. The number of hydrogen-bond donors (Lipinski definition) is 1. The number of benzene rings is 2. The molecule has 7 nitrogen and oxygen atoms in total. The molecule has 12 heteroatoms. The zero-order valence-corrected chi connectivity index (χ0v) is 18.7. The van der Waals surface area contributed by atoms with Gasteiger partial charge in [0.15, 0.2) is 17.3 Å². The first-order chi connectivity index (χ1) is 16.0. The second-order valence-corrected chi connectivity index (χ2v) is 7.06. The molecular formula is C22H17ClF4N2O5. The number of aryl methyl sites for hydroxylation is 1. The number of ether oxygens (including phenoxy) is 4. The number of halogens is 5. The van der Waals surface area contributed by atoms with Gasteiger partial charge in [-0.3, -0.25) is 9.78 Å². The van der Waals surface area contributed by atoms with Crippen LogP contribution < -0.4 is 24.3 Å². The third kappa shape index (κ3) is 5.79. The monoisotopic (exact) mass is 500 g/mol. The minimum absolute atomic E-state index is 0.130. The number of anilines is 1. The molecule has 180 valence electrons. The number of pyridine rings is 1. The first-order valence-electron chi connectivity index (χ1n) is 9.44. The molecule has 0 aliphatic carbocycles. The van der Waals surface area contributed by atoms with Crippen LogP contribution in [0.15, 0.2) is 42.6 Å². The summed E-state index contributed by atoms with van der Waals surface area (Å²) in [6.07, 6.45) is -3.47. The van der Waals surface area contributed by atoms with Gasteiger partial charge in [0.2, 0.25) is 0 Å². The van der Waals surface area contributed by atoms with Gasteiger partial charge in [0.1, 0.15) is 27.8 Å². The van der Waals surface area contributed by atoms with Crippen LogP contribution in [0.1, 0.15) is 16.1 Å². The topological polar surface area (TPSA) is 78.9 Å². The molecule has 34 heavy (non-hydrogen) atoms. The van der Waals surface area contributed by atoms with Crippen molar-refractivity contribution in [1.82, 2.24) is 4.98 Å². The lowest BCUT2D eigenvalue weighted by molar-refractivity contribution is -0.274. The Labute approximate surface area is 196 Å². The molecule has 2 aromatic carbocycles. The number of amides is 1. The van der Waals surface area contributed by atoms with Crippen LogP contribution in [0.2, 0.25) is 5.02 Å². The minimum atomic E-state index is -4.92. The molecule has 1 aromatic heterocycles. The first kappa shape index (κ1) is 24.9. The molecule has 0 aliphatic heterocycles. The maximum atomic E-state index is 15.1. The summed E-state index contributed by atoms with van der Waals surface area (Å²) in [5.41, 5.74) is 0.368. The highest BCUT2D eigenvalue weighted by Crippen LogP contribution is 2.42. The Kier molecular flexibility index (Phi) is 7.35. The van der Waals surface area contributed by atoms with Crippen molar-refractivity contribution in [3.8, 4) is 28.7 Å². The van der Waals surface area contributed by atoms with E-state index in [9.17, 15) is 18.0 Å². The van der Waals surface area contributed by atoms with Crippen LogP contribution in [0.5, 0.6) is 28.7 Å². The average molecular weight is 501 g/mol. The molecule has 0 bridgehead atoms. The Bertz CT molecular complexity index is 1220. The second kappa shape index (κ2) is 10.0. The van der Waals surface area contributed by atoms with E-state index in [2.05, 4.69) is 15.0 Å². The van der Waals surface area contributed by atoms with E-state index in [0.29, 0.717) is 11.4 Å². The van der Waals surface area contributed by atoms with Crippen molar-refractivity contribution >= 4 is 23.2 Å². The van der Waals surface area contributed by atoms with Crippen LogP contribution in [0.4, 0.5) is 23.2 Å². The molecule has 3 rings (SSSR count). The molecular weight excluding hydrogens is 484 g/mol. The van der Waals surface area contributed by atoms with Crippen molar-refractivity contribution in [2.45, 2.75) is 13.3 Å². The van der Waals surface area contributed by atoms with Gasteiger partial charge in [0.05, 0.1) is 14.2 Å². The highest BCUT2D eigenvalue weighted by Gasteiger charge is 2.32. The van der Waals surface area contributed by atoms with E-state index < -0.39 is 34.4 Å². The first-order valence-corrected chi connectivity index (χ1v) is 9.81. The Morgan fingerprint density at radius 1 is 1.00 bits per heavy atom. The summed E-state index contributed by atoms with van der Waals surface area (Å²) in [6.45, 7) is 1.70. The third-order valence-electron chi connectivity index (χ3n) is 4.33. The Morgan fingerprint density at radius 2 is 1.71 bits per heavy atom. The van der Waals surface area contributed by atoms with E-state index in [1.54, 1.807) is 13.0 Å². The summed E-state index contributed by atoms with van der Waals surface area (Å²) in [5.74, 6) is -3.37. The lowest BCUT2D eigenvalue weighted by Crippen LogP contribution is -2.17. The molecule has 3 aromatic rings. The maximum Gasteiger partial charge on any atom is 0.573 e. The minimum Gasteiger partial charge on any atom is -0.495 e. The summed E-state index contributed by atoms with van der Waals surface area (Å²) in [6, 6.07) is 7.21. The SMILES string of the molecule is COc1cc(OC(F)(F)F)ccc1Oc1cc(OC)c(Cl)c(F)c1C(=O)Nc1ccnc(C)c1. The van der Waals surface area contributed by atoms with Crippen LogP contribution in [0, 0.1) is 12.7 Å². The van der Waals surface area contributed by atoms with Gasteiger partial charge in [0, 0.05) is 29.7 Å². The number of aromatic nitrogens is 1. The van der Waals surface area contributed by atoms with Crippen LogP contribution in [-0.2, 0) is 0 Å². The van der Waals surface area contributed by atoms with Crippen LogP contribution >= 0.6 is 11.6 Å². The van der Waals surface area contributed by atoms with Gasteiger partial charge in [-0.1, -0.05) is 11.6 Å². The van der Waals surface area contributed by atoms with Gasteiger partial charge in [-0.2, -0.15) is 0 Å². The van der Waals surface area contributed by atoms with E-state index in [1.807, 2.05) is 0 Å².